The minimum atomic E-state index is -0.629. The second-order valence-corrected chi connectivity index (χ2v) is 7.14. The number of fused-ring (bicyclic) bond motifs is 1. The Kier molecular flexibility index (Phi) is 3.60. The normalized spacial score (nSPS) is 23.8. The van der Waals surface area contributed by atoms with Crippen LogP contribution in [0.5, 0.6) is 5.75 Å². The molecule has 1 atom stereocenters. The summed E-state index contributed by atoms with van der Waals surface area (Å²) in [7, 11) is 0. The summed E-state index contributed by atoms with van der Waals surface area (Å²) in [4.78, 5) is 13.3. The summed E-state index contributed by atoms with van der Waals surface area (Å²) in [6, 6.07) is 13.4. The van der Waals surface area contributed by atoms with Crippen molar-refractivity contribution in [3.05, 3.63) is 59.2 Å². The maximum Gasteiger partial charge on any atom is 0.239 e. The van der Waals surface area contributed by atoms with Crippen LogP contribution in [0.4, 0.5) is 5.69 Å². The quantitative estimate of drug-likeness (QED) is 0.854. The molecule has 3 nitrogen and oxygen atoms in total. The molecule has 0 radical (unpaired) electrons. The van der Waals surface area contributed by atoms with E-state index in [-0.39, 0.29) is 11.7 Å². The second-order valence-electron chi connectivity index (χ2n) is 7.14. The molecule has 0 spiro atoms. The molecule has 4 rings (SSSR count). The highest BCUT2D eigenvalue weighted by Gasteiger charge is 2.53. The number of amides is 1. The van der Waals surface area contributed by atoms with Crippen LogP contribution in [0.1, 0.15) is 48.8 Å². The van der Waals surface area contributed by atoms with Gasteiger partial charge in [-0.15, -0.1) is 0 Å². The van der Waals surface area contributed by atoms with E-state index in [1.165, 1.54) is 19.3 Å². The van der Waals surface area contributed by atoms with E-state index in [0.717, 1.165) is 35.2 Å². The summed E-state index contributed by atoms with van der Waals surface area (Å²) in [6.07, 6.45) is 5.76. The van der Waals surface area contributed by atoms with Crippen molar-refractivity contribution in [3.63, 3.8) is 0 Å². The van der Waals surface area contributed by atoms with Crippen molar-refractivity contribution in [3.8, 4) is 5.75 Å². The van der Waals surface area contributed by atoms with Crippen LogP contribution < -0.4 is 5.32 Å². The third-order valence-corrected chi connectivity index (χ3v) is 5.83. The monoisotopic (exact) mass is 321 g/mol. The van der Waals surface area contributed by atoms with Crippen LogP contribution >= 0.6 is 0 Å². The number of para-hydroxylation sites is 1. The Morgan fingerprint density at radius 3 is 2.46 bits per heavy atom. The van der Waals surface area contributed by atoms with Gasteiger partial charge in [0.05, 0.1) is 0 Å². The zero-order valence-electron chi connectivity index (χ0n) is 14.0. The van der Waals surface area contributed by atoms with Gasteiger partial charge in [0.2, 0.25) is 5.91 Å². The lowest BCUT2D eigenvalue weighted by Crippen LogP contribution is -2.43. The molecule has 2 aromatic carbocycles. The van der Waals surface area contributed by atoms with Crippen LogP contribution in [0.2, 0.25) is 0 Å². The molecule has 1 heterocycles. The summed E-state index contributed by atoms with van der Waals surface area (Å²) in [5.74, 6) is 0.628. The van der Waals surface area contributed by atoms with Crippen LogP contribution in [0, 0.1) is 12.8 Å². The molecule has 0 bridgehead atoms. The molecule has 124 valence electrons. The molecule has 1 unspecified atom stereocenters. The number of hydrogen-bond acceptors (Lipinski definition) is 2. The van der Waals surface area contributed by atoms with E-state index in [1.807, 2.05) is 31.2 Å². The first-order chi connectivity index (χ1) is 11.6. The van der Waals surface area contributed by atoms with Gasteiger partial charge in [-0.1, -0.05) is 49.6 Å². The number of aryl methyl sites for hydroxylation is 1. The van der Waals surface area contributed by atoms with E-state index in [9.17, 15) is 9.90 Å². The highest BCUT2D eigenvalue weighted by molar-refractivity contribution is 6.09. The SMILES string of the molecule is Cc1cccc2c1NC(=O)C2(c1ccc(O)cc1)C1CCCCC1. The Hall–Kier alpha value is -2.29. The average Bonchev–Trinajstić information content (AvgIpc) is 2.91. The standard InChI is InChI=1S/C21H23NO2/c1-14-6-5-9-18-19(14)22-20(24)21(18,15-7-3-2-4-8-15)16-10-12-17(23)13-11-16/h5-6,9-13,15,23H,2-4,7-8H2,1H3,(H,22,24). The fourth-order valence-corrected chi connectivity index (χ4v) is 4.68. The van der Waals surface area contributed by atoms with E-state index in [4.69, 9.17) is 0 Å². The lowest BCUT2D eigenvalue weighted by molar-refractivity contribution is -0.121. The van der Waals surface area contributed by atoms with Gasteiger partial charge in [0.15, 0.2) is 0 Å². The number of hydrogen-bond donors (Lipinski definition) is 2. The number of carbonyl (C=O) groups excluding carboxylic acids is 1. The topological polar surface area (TPSA) is 49.3 Å². The molecule has 0 aromatic heterocycles. The highest BCUT2D eigenvalue weighted by atomic mass is 16.3. The average molecular weight is 321 g/mol. The fourth-order valence-electron chi connectivity index (χ4n) is 4.68. The van der Waals surface area contributed by atoms with Gasteiger partial charge >= 0.3 is 0 Å². The van der Waals surface area contributed by atoms with Crippen LogP contribution in [-0.4, -0.2) is 11.0 Å². The van der Waals surface area contributed by atoms with Crippen molar-refractivity contribution in [1.29, 1.82) is 0 Å². The van der Waals surface area contributed by atoms with Gasteiger partial charge in [-0.3, -0.25) is 4.79 Å². The summed E-state index contributed by atoms with van der Waals surface area (Å²) in [6.45, 7) is 2.05. The van der Waals surface area contributed by atoms with Crippen molar-refractivity contribution < 1.29 is 9.90 Å². The van der Waals surface area contributed by atoms with E-state index >= 15 is 0 Å². The van der Waals surface area contributed by atoms with Gasteiger partial charge in [-0.2, -0.15) is 0 Å². The zero-order valence-corrected chi connectivity index (χ0v) is 14.0. The smallest absolute Gasteiger partial charge is 0.239 e. The van der Waals surface area contributed by atoms with Gasteiger partial charge in [-0.25, -0.2) is 0 Å². The summed E-state index contributed by atoms with van der Waals surface area (Å²) in [5.41, 5.74) is 3.55. The minimum absolute atomic E-state index is 0.0874. The molecule has 1 aliphatic heterocycles. The van der Waals surface area contributed by atoms with E-state index in [0.29, 0.717) is 5.92 Å². The van der Waals surface area contributed by atoms with Crippen LogP contribution in [0.3, 0.4) is 0 Å². The van der Waals surface area contributed by atoms with E-state index < -0.39 is 5.41 Å². The van der Waals surface area contributed by atoms with Crippen molar-refractivity contribution in [2.75, 3.05) is 5.32 Å². The number of aromatic hydroxyl groups is 1. The molecular formula is C21H23NO2. The van der Waals surface area contributed by atoms with Crippen LogP contribution in [0.15, 0.2) is 42.5 Å². The maximum absolute atomic E-state index is 13.3. The molecule has 24 heavy (non-hydrogen) atoms. The van der Waals surface area contributed by atoms with Crippen molar-refractivity contribution in [1.82, 2.24) is 0 Å². The largest absolute Gasteiger partial charge is 0.508 e. The minimum Gasteiger partial charge on any atom is -0.508 e. The zero-order chi connectivity index (χ0) is 16.7. The van der Waals surface area contributed by atoms with Gasteiger partial charge in [0.25, 0.3) is 0 Å². The molecule has 1 fully saturated rings. The third kappa shape index (κ3) is 2.07. The molecule has 1 aliphatic carbocycles. The maximum atomic E-state index is 13.3. The molecule has 2 aliphatic rings. The first-order valence-corrected chi connectivity index (χ1v) is 8.85. The number of rotatable bonds is 2. The van der Waals surface area contributed by atoms with Gasteiger partial charge in [0, 0.05) is 5.69 Å². The summed E-state index contributed by atoms with van der Waals surface area (Å²) >= 11 is 0. The number of anilines is 1. The van der Waals surface area contributed by atoms with Gasteiger partial charge < -0.3 is 10.4 Å². The predicted octanol–water partition coefficient (Wildman–Crippen LogP) is 4.52. The van der Waals surface area contributed by atoms with Crippen molar-refractivity contribution in [2.45, 2.75) is 44.4 Å². The van der Waals surface area contributed by atoms with Crippen LogP contribution in [-0.2, 0) is 10.2 Å². The lowest BCUT2D eigenvalue weighted by Gasteiger charge is -2.39. The first-order valence-electron chi connectivity index (χ1n) is 8.85. The van der Waals surface area contributed by atoms with Crippen LogP contribution in [0.25, 0.3) is 0 Å². The van der Waals surface area contributed by atoms with Crippen molar-refractivity contribution >= 4 is 11.6 Å². The lowest BCUT2D eigenvalue weighted by atomic mass is 9.62. The summed E-state index contributed by atoms with van der Waals surface area (Å²) in [5, 5.41) is 12.9. The second kappa shape index (κ2) is 5.66. The molecule has 1 amide bonds. The number of carbonyl (C=O) groups is 1. The van der Waals surface area contributed by atoms with E-state index in [1.54, 1.807) is 12.1 Å². The van der Waals surface area contributed by atoms with Gasteiger partial charge in [-0.05, 0) is 54.5 Å². The summed E-state index contributed by atoms with van der Waals surface area (Å²) < 4.78 is 0. The number of phenolic OH excluding ortho intramolecular Hbond substituents is 1. The molecule has 3 heteroatoms. The molecule has 0 saturated heterocycles. The number of nitrogens with one attached hydrogen (secondary N) is 1. The predicted molar refractivity (Wildman–Crippen MR) is 95.3 cm³/mol. The number of phenols is 1. The van der Waals surface area contributed by atoms with E-state index in [2.05, 4.69) is 11.4 Å². The number of benzene rings is 2. The highest BCUT2D eigenvalue weighted by Crippen LogP contribution is 2.52. The fraction of sp³-hybridized carbons (Fsp3) is 0.381. The third-order valence-electron chi connectivity index (χ3n) is 5.83. The molecule has 2 N–H and O–H groups in total. The first kappa shape index (κ1) is 15.3. The Morgan fingerprint density at radius 2 is 1.75 bits per heavy atom. The Labute approximate surface area is 142 Å². The molecule has 2 aromatic rings. The molecular weight excluding hydrogens is 298 g/mol. The van der Waals surface area contributed by atoms with Crippen molar-refractivity contribution in [2.24, 2.45) is 5.92 Å². The Morgan fingerprint density at radius 1 is 1.04 bits per heavy atom. The Bertz CT molecular complexity index is 775. The van der Waals surface area contributed by atoms with Gasteiger partial charge in [0.1, 0.15) is 11.2 Å². The Balaban J connectivity index is 1.97. The molecule has 1 saturated carbocycles.